The van der Waals surface area contributed by atoms with E-state index in [0.29, 0.717) is 5.41 Å². The summed E-state index contributed by atoms with van der Waals surface area (Å²) in [6, 6.07) is 5.79. The Morgan fingerprint density at radius 3 is 2.43 bits per heavy atom. The summed E-state index contributed by atoms with van der Waals surface area (Å²) in [6.45, 7) is 4.62. The first-order valence-electron chi connectivity index (χ1n) is 8.52. The molecule has 3 heteroatoms. The molecule has 0 aliphatic heterocycles. The molecule has 1 aliphatic carbocycles. The Kier molecular flexibility index (Phi) is 5.97. The van der Waals surface area contributed by atoms with Gasteiger partial charge >= 0.3 is 0 Å². The molecule has 0 N–H and O–H groups in total. The molecule has 0 spiro atoms. The molecule has 118 valence electrons. The standard InChI is InChI=1S/C18H28F2Si/c1-3-18(11-8-15(9-12-18)21-4-2)10-7-14-5-6-16(19)17(20)13-14/h5-6,13,15H,3-4,7-12,21H2,1-2H3/t15-,18-. The molecule has 1 aromatic rings. The molecule has 0 atom stereocenters. The van der Waals surface area contributed by atoms with Gasteiger partial charge < -0.3 is 0 Å². The van der Waals surface area contributed by atoms with E-state index in [1.54, 1.807) is 6.07 Å². The van der Waals surface area contributed by atoms with Crippen molar-refractivity contribution in [3.8, 4) is 0 Å². The van der Waals surface area contributed by atoms with Crippen molar-refractivity contribution in [3.63, 3.8) is 0 Å². The van der Waals surface area contributed by atoms with Crippen LogP contribution < -0.4 is 0 Å². The fourth-order valence-electron chi connectivity index (χ4n) is 3.87. The highest BCUT2D eigenvalue weighted by Crippen LogP contribution is 2.46. The van der Waals surface area contributed by atoms with Crippen LogP contribution >= 0.6 is 0 Å². The van der Waals surface area contributed by atoms with E-state index in [4.69, 9.17) is 0 Å². The third-order valence-corrected chi connectivity index (χ3v) is 7.75. The van der Waals surface area contributed by atoms with Crippen LogP contribution in [0.3, 0.4) is 0 Å². The molecule has 1 aliphatic rings. The van der Waals surface area contributed by atoms with Crippen molar-refractivity contribution in [2.24, 2.45) is 5.41 Å². The van der Waals surface area contributed by atoms with Crippen LogP contribution in [0.4, 0.5) is 8.78 Å². The SMILES string of the molecule is CC[SiH2][C@H]1CC[C@](CC)(CCc2ccc(F)c(F)c2)CC1. The molecule has 0 heterocycles. The molecule has 0 aromatic heterocycles. The zero-order chi connectivity index (χ0) is 15.3. The molecule has 2 rings (SSSR count). The largest absolute Gasteiger partial charge is 0.204 e. The van der Waals surface area contributed by atoms with Crippen LogP contribution in [-0.4, -0.2) is 9.52 Å². The zero-order valence-electron chi connectivity index (χ0n) is 13.4. The van der Waals surface area contributed by atoms with Gasteiger partial charge in [-0.3, -0.25) is 0 Å². The van der Waals surface area contributed by atoms with Crippen molar-refractivity contribution in [2.75, 3.05) is 0 Å². The second-order valence-electron chi connectivity index (χ2n) is 6.83. The highest BCUT2D eigenvalue weighted by Gasteiger charge is 2.33. The van der Waals surface area contributed by atoms with Crippen molar-refractivity contribution in [1.82, 2.24) is 0 Å². The molecular weight excluding hydrogens is 282 g/mol. The van der Waals surface area contributed by atoms with Gasteiger partial charge in [-0.25, -0.2) is 8.78 Å². The predicted octanol–water partition coefficient (Wildman–Crippen LogP) is 5.26. The first-order chi connectivity index (χ1) is 10.1. The fraction of sp³-hybridized carbons (Fsp3) is 0.667. The highest BCUT2D eigenvalue weighted by atomic mass is 28.2. The number of hydrogen-bond donors (Lipinski definition) is 0. The molecule has 0 unspecified atom stereocenters. The van der Waals surface area contributed by atoms with Gasteiger partial charge in [0.05, 0.1) is 0 Å². The Morgan fingerprint density at radius 2 is 1.86 bits per heavy atom. The average Bonchev–Trinajstić information content (AvgIpc) is 2.50. The van der Waals surface area contributed by atoms with E-state index in [-0.39, 0.29) is 9.52 Å². The van der Waals surface area contributed by atoms with E-state index in [2.05, 4.69) is 13.8 Å². The Labute approximate surface area is 130 Å². The summed E-state index contributed by atoms with van der Waals surface area (Å²) < 4.78 is 26.3. The Morgan fingerprint density at radius 1 is 1.14 bits per heavy atom. The third kappa shape index (κ3) is 4.38. The van der Waals surface area contributed by atoms with E-state index in [0.717, 1.165) is 23.9 Å². The number of hydrogen-bond acceptors (Lipinski definition) is 0. The predicted molar refractivity (Wildman–Crippen MR) is 88.6 cm³/mol. The lowest BCUT2D eigenvalue weighted by Crippen LogP contribution is -2.27. The first-order valence-corrected chi connectivity index (χ1v) is 10.3. The van der Waals surface area contributed by atoms with E-state index < -0.39 is 11.6 Å². The third-order valence-electron chi connectivity index (χ3n) is 5.54. The number of aryl methyl sites for hydroxylation is 1. The van der Waals surface area contributed by atoms with Gasteiger partial charge in [-0.05, 0) is 48.8 Å². The van der Waals surface area contributed by atoms with Gasteiger partial charge in [0.25, 0.3) is 0 Å². The molecule has 21 heavy (non-hydrogen) atoms. The average molecular weight is 311 g/mol. The van der Waals surface area contributed by atoms with E-state index in [9.17, 15) is 8.78 Å². The van der Waals surface area contributed by atoms with Crippen molar-refractivity contribution in [1.29, 1.82) is 0 Å². The quantitative estimate of drug-likeness (QED) is 0.628. The van der Waals surface area contributed by atoms with E-state index in [1.165, 1.54) is 50.3 Å². The summed E-state index contributed by atoms with van der Waals surface area (Å²) in [7, 11) is 0.154. The molecule has 0 radical (unpaired) electrons. The molecule has 0 nitrogen and oxygen atoms in total. The molecular formula is C18H28F2Si. The monoisotopic (exact) mass is 310 g/mol. The lowest BCUT2D eigenvalue weighted by Gasteiger charge is -2.40. The minimum absolute atomic E-state index is 0.154. The zero-order valence-corrected chi connectivity index (χ0v) is 14.8. The highest BCUT2D eigenvalue weighted by molar-refractivity contribution is 6.37. The number of benzene rings is 1. The maximum absolute atomic E-state index is 13.3. The van der Waals surface area contributed by atoms with Crippen LogP contribution in [0, 0.1) is 17.0 Å². The van der Waals surface area contributed by atoms with Crippen LogP contribution in [0.5, 0.6) is 0 Å². The van der Waals surface area contributed by atoms with Crippen LogP contribution in [0.15, 0.2) is 18.2 Å². The summed E-state index contributed by atoms with van der Waals surface area (Å²) >= 11 is 0. The van der Waals surface area contributed by atoms with Crippen LogP contribution in [0.25, 0.3) is 0 Å². The maximum atomic E-state index is 13.3. The first kappa shape index (κ1) is 16.7. The second-order valence-corrected chi connectivity index (χ2v) is 9.57. The second kappa shape index (κ2) is 7.53. The minimum Gasteiger partial charge on any atom is -0.204 e. The van der Waals surface area contributed by atoms with Gasteiger partial charge in [-0.15, -0.1) is 0 Å². The smallest absolute Gasteiger partial charge is 0.159 e. The van der Waals surface area contributed by atoms with Crippen LogP contribution in [0.1, 0.15) is 57.9 Å². The Balaban J connectivity index is 1.92. The molecule has 1 fully saturated rings. The molecule has 0 bridgehead atoms. The summed E-state index contributed by atoms with van der Waals surface area (Å²) in [5, 5.41) is 0. The summed E-state index contributed by atoms with van der Waals surface area (Å²) in [4.78, 5) is 0. The van der Waals surface area contributed by atoms with Crippen molar-refractivity contribution in [2.45, 2.75) is 70.4 Å². The number of halogens is 2. The number of rotatable bonds is 6. The Hall–Kier alpha value is -0.703. The van der Waals surface area contributed by atoms with Gasteiger partial charge in [-0.1, -0.05) is 50.8 Å². The summed E-state index contributed by atoms with van der Waals surface area (Å²) in [6.07, 6.45) is 8.71. The van der Waals surface area contributed by atoms with E-state index in [1.807, 2.05) is 0 Å². The molecule has 1 saturated carbocycles. The van der Waals surface area contributed by atoms with Gasteiger partial charge in [0.1, 0.15) is 0 Å². The van der Waals surface area contributed by atoms with Gasteiger partial charge in [0.2, 0.25) is 0 Å². The van der Waals surface area contributed by atoms with Crippen molar-refractivity contribution in [3.05, 3.63) is 35.4 Å². The fourth-order valence-corrected chi connectivity index (χ4v) is 5.67. The lowest BCUT2D eigenvalue weighted by atomic mass is 9.69. The van der Waals surface area contributed by atoms with Gasteiger partial charge in [-0.2, -0.15) is 0 Å². The van der Waals surface area contributed by atoms with Crippen molar-refractivity contribution >= 4 is 9.52 Å². The van der Waals surface area contributed by atoms with Gasteiger partial charge in [0.15, 0.2) is 11.6 Å². The van der Waals surface area contributed by atoms with Crippen LogP contribution in [-0.2, 0) is 6.42 Å². The van der Waals surface area contributed by atoms with Crippen LogP contribution in [0.2, 0.25) is 11.6 Å². The van der Waals surface area contributed by atoms with E-state index >= 15 is 0 Å². The topological polar surface area (TPSA) is 0 Å². The molecule has 0 amide bonds. The summed E-state index contributed by atoms with van der Waals surface area (Å²) in [5.41, 5.74) is 2.44. The molecule has 1 aromatic carbocycles. The normalized spacial score (nSPS) is 26.6. The van der Waals surface area contributed by atoms with Gasteiger partial charge in [0, 0.05) is 9.52 Å². The molecule has 0 saturated heterocycles. The summed E-state index contributed by atoms with van der Waals surface area (Å²) in [5.74, 6) is -1.45. The van der Waals surface area contributed by atoms with Crippen molar-refractivity contribution < 1.29 is 8.78 Å². The lowest BCUT2D eigenvalue weighted by molar-refractivity contribution is 0.165. The minimum atomic E-state index is -0.742. The Bertz CT molecular complexity index is 451. The maximum Gasteiger partial charge on any atom is 0.159 e.